The Morgan fingerprint density at radius 1 is 1.17 bits per heavy atom. The van der Waals surface area contributed by atoms with Crippen molar-refractivity contribution < 1.29 is 4.79 Å². The molecule has 8 nitrogen and oxygen atoms in total. The van der Waals surface area contributed by atoms with E-state index in [4.69, 9.17) is 0 Å². The Bertz CT molecular complexity index is 725. The Balaban J connectivity index is 1.57. The van der Waals surface area contributed by atoms with Crippen molar-refractivity contribution in [1.29, 1.82) is 0 Å². The van der Waals surface area contributed by atoms with Crippen LogP contribution in [-0.4, -0.2) is 35.9 Å². The molecule has 2 aromatic heterocycles. The summed E-state index contributed by atoms with van der Waals surface area (Å²) in [4.78, 5) is 12.3. The number of amides is 1. The number of hydrogen-bond acceptors (Lipinski definition) is 5. The summed E-state index contributed by atoms with van der Waals surface area (Å²) >= 11 is 0. The average molecular weight is 325 g/mol. The van der Waals surface area contributed by atoms with Gasteiger partial charge in [0.2, 0.25) is 5.91 Å². The van der Waals surface area contributed by atoms with E-state index in [1.807, 2.05) is 47.3 Å². The van der Waals surface area contributed by atoms with E-state index in [-0.39, 0.29) is 11.9 Å². The molecular formula is C16H19N7O. The van der Waals surface area contributed by atoms with Crippen molar-refractivity contribution in [2.75, 3.05) is 0 Å². The van der Waals surface area contributed by atoms with Crippen LogP contribution in [0.2, 0.25) is 0 Å². The van der Waals surface area contributed by atoms with Gasteiger partial charge in [-0.15, -0.1) is 5.10 Å². The number of carbonyl (C=O) groups is 1. The highest BCUT2D eigenvalue weighted by molar-refractivity contribution is 5.76. The maximum atomic E-state index is 12.3. The van der Waals surface area contributed by atoms with E-state index >= 15 is 0 Å². The van der Waals surface area contributed by atoms with Gasteiger partial charge in [0.15, 0.2) is 0 Å². The molecular weight excluding hydrogens is 306 g/mol. The number of nitrogens with one attached hydrogen (secondary N) is 1. The third kappa shape index (κ3) is 4.48. The van der Waals surface area contributed by atoms with Gasteiger partial charge in [0.25, 0.3) is 0 Å². The van der Waals surface area contributed by atoms with Crippen LogP contribution in [0.1, 0.15) is 24.4 Å². The standard InChI is InChI=1S/C16H19N7O/c24-16(8-4-10-23-13-17-20-21-23)19-15(12-22-11-5-9-18-22)14-6-2-1-3-7-14/h1-3,5-7,9,11,13,15H,4,8,10,12H2,(H,19,24)/t15-/m0/s1. The minimum Gasteiger partial charge on any atom is -0.347 e. The molecule has 3 aromatic rings. The van der Waals surface area contributed by atoms with Crippen LogP contribution in [0.15, 0.2) is 55.1 Å². The second-order valence-corrected chi connectivity index (χ2v) is 5.44. The molecule has 8 heteroatoms. The number of aromatic nitrogens is 6. The van der Waals surface area contributed by atoms with Crippen LogP contribution in [-0.2, 0) is 17.9 Å². The molecule has 24 heavy (non-hydrogen) atoms. The van der Waals surface area contributed by atoms with Gasteiger partial charge in [-0.2, -0.15) is 5.10 Å². The number of hydrogen-bond donors (Lipinski definition) is 1. The molecule has 0 aliphatic rings. The summed E-state index contributed by atoms with van der Waals surface area (Å²) in [7, 11) is 0. The third-order valence-corrected chi connectivity index (χ3v) is 3.65. The summed E-state index contributed by atoms with van der Waals surface area (Å²) in [5.41, 5.74) is 1.06. The normalized spacial score (nSPS) is 12.0. The highest BCUT2D eigenvalue weighted by atomic mass is 16.1. The summed E-state index contributed by atoms with van der Waals surface area (Å²) in [6.07, 6.45) is 6.26. The first-order valence-corrected chi connectivity index (χ1v) is 7.84. The predicted octanol–water partition coefficient (Wildman–Crippen LogP) is 1.21. The van der Waals surface area contributed by atoms with Crippen molar-refractivity contribution in [3.05, 3.63) is 60.7 Å². The zero-order chi connectivity index (χ0) is 16.6. The highest BCUT2D eigenvalue weighted by Gasteiger charge is 2.15. The maximum absolute atomic E-state index is 12.3. The van der Waals surface area contributed by atoms with Crippen molar-refractivity contribution in [2.45, 2.75) is 32.0 Å². The molecule has 1 amide bonds. The Labute approximate surface area is 139 Å². The summed E-state index contributed by atoms with van der Waals surface area (Å²) in [5, 5.41) is 18.2. The zero-order valence-corrected chi connectivity index (χ0v) is 13.2. The zero-order valence-electron chi connectivity index (χ0n) is 13.2. The number of benzene rings is 1. The second kappa shape index (κ2) is 8.00. The van der Waals surface area contributed by atoms with Crippen molar-refractivity contribution in [2.24, 2.45) is 0 Å². The number of aryl methyl sites for hydroxylation is 1. The van der Waals surface area contributed by atoms with Gasteiger partial charge in [0.1, 0.15) is 6.33 Å². The minimum atomic E-state index is -0.119. The first kappa shape index (κ1) is 15.9. The smallest absolute Gasteiger partial charge is 0.220 e. The van der Waals surface area contributed by atoms with Crippen LogP contribution in [0.3, 0.4) is 0 Å². The summed E-state index contributed by atoms with van der Waals surface area (Å²) in [5.74, 6) is 0.00378. The minimum absolute atomic E-state index is 0.00378. The van der Waals surface area contributed by atoms with Crippen LogP contribution in [0, 0.1) is 0 Å². The van der Waals surface area contributed by atoms with E-state index in [0.717, 1.165) is 5.56 Å². The molecule has 0 saturated carbocycles. The van der Waals surface area contributed by atoms with Crippen molar-refractivity contribution >= 4 is 5.91 Å². The molecule has 1 N–H and O–H groups in total. The van der Waals surface area contributed by atoms with Crippen molar-refractivity contribution in [1.82, 2.24) is 35.3 Å². The van der Waals surface area contributed by atoms with Gasteiger partial charge in [0, 0.05) is 25.4 Å². The molecule has 1 atom stereocenters. The number of nitrogens with zero attached hydrogens (tertiary/aromatic N) is 6. The summed E-state index contributed by atoms with van der Waals surface area (Å²) in [6, 6.07) is 11.7. The van der Waals surface area contributed by atoms with Crippen LogP contribution in [0.25, 0.3) is 0 Å². The monoisotopic (exact) mass is 325 g/mol. The number of tetrazole rings is 1. The van der Waals surface area contributed by atoms with E-state index in [0.29, 0.717) is 25.9 Å². The first-order valence-electron chi connectivity index (χ1n) is 7.84. The molecule has 3 rings (SSSR count). The predicted molar refractivity (Wildman–Crippen MR) is 86.6 cm³/mol. The fraction of sp³-hybridized carbons (Fsp3) is 0.312. The average Bonchev–Trinajstić information content (AvgIpc) is 3.29. The number of rotatable bonds is 8. The Kier molecular flexibility index (Phi) is 5.28. The lowest BCUT2D eigenvalue weighted by atomic mass is 10.1. The van der Waals surface area contributed by atoms with Crippen LogP contribution in [0.4, 0.5) is 0 Å². The molecule has 0 saturated heterocycles. The Hall–Kier alpha value is -3.03. The molecule has 0 spiro atoms. The van der Waals surface area contributed by atoms with E-state index < -0.39 is 0 Å². The Morgan fingerprint density at radius 2 is 2.04 bits per heavy atom. The lowest BCUT2D eigenvalue weighted by molar-refractivity contribution is -0.122. The lowest BCUT2D eigenvalue weighted by Gasteiger charge is -2.19. The quantitative estimate of drug-likeness (QED) is 0.672. The van der Waals surface area contributed by atoms with Gasteiger partial charge in [0.05, 0.1) is 12.6 Å². The van der Waals surface area contributed by atoms with Crippen molar-refractivity contribution in [3.8, 4) is 0 Å². The van der Waals surface area contributed by atoms with Gasteiger partial charge in [-0.1, -0.05) is 30.3 Å². The largest absolute Gasteiger partial charge is 0.347 e. The molecule has 0 unspecified atom stereocenters. The van der Waals surface area contributed by atoms with E-state index in [9.17, 15) is 4.79 Å². The van der Waals surface area contributed by atoms with Crippen molar-refractivity contribution in [3.63, 3.8) is 0 Å². The highest BCUT2D eigenvalue weighted by Crippen LogP contribution is 2.15. The summed E-state index contributed by atoms with van der Waals surface area (Å²) in [6.45, 7) is 1.21. The third-order valence-electron chi connectivity index (χ3n) is 3.65. The molecule has 0 aliphatic heterocycles. The summed E-state index contributed by atoms with van der Waals surface area (Å²) < 4.78 is 3.44. The molecule has 1 aromatic carbocycles. The van der Waals surface area contributed by atoms with Gasteiger partial charge >= 0.3 is 0 Å². The topological polar surface area (TPSA) is 90.5 Å². The van der Waals surface area contributed by atoms with E-state index in [2.05, 4.69) is 25.9 Å². The molecule has 2 heterocycles. The molecule has 0 fully saturated rings. The van der Waals surface area contributed by atoms with E-state index in [1.54, 1.807) is 17.2 Å². The molecule has 0 aliphatic carbocycles. The van der Waals surface area contributed by atoms with Gasteiger partial charge < -0.3 is 5.32 Å². The van der Waals surface area contributed by atoms with Crippen LogP contribution >= 0.6 is 0 Å². The molecule has 0 bridgehead atoms. The maximum Gasteiger partial charge on any atom is 0.220 e. The van der Waals surface area contributed by atoms with Gasteiger partial charge in [-0.3, -0.25) is 9.48 Å². The molecule has 0 radical (unpaired) electrons. The number of carbonyl (C=O) groups excluding carboxylic acids is 1. The van der Waals surface area contributed by atoms with Gasteiger partial charge in [-0.05, 0) is 28.5 Å². The Morgan fingerprint density at radius 3 is 2.75 bits per heavy atom. The fourth-order valence-corrected chi connectivity index (χ4v) is 2.47. The second-order valence-electron chi connectivity index (χ2n) is 5.44. The fourth-order valence-electron chi connectivity index (χ4n) is 2.47. The SMILES string of the molecule is O=C(CCCn1cnnn1)N[C@@H](Cn1cccn1)c1ccccc1. The van der Waals surface area contributed by atoms with Crippen LogP contribution in [0.5, 0.6) is 0 Å². The lowest BCUT2D eigenvalue weighted by Crippen LogP contribution is -2.31. The van der Waals surface area contributed by atoms with Crippen LogP contribution < -0.4 is 5.32 Å². The van der Waals surface area contributed by atoms with E-state index in [1.165, 1.54) is 0 Å². The first-order chi connectivity index (χ1) is 11.8. The van der Waals surface area contributed by atoms with Gasteiger partial charge in [-0.25, -0.2) is 4.68 Å². The molecule has 124 valence electrons.